The summed E-state index contributed by atoms with van der Waals surface area (Å²) in [5, 5.41) is 8.64. The van der Waals surface area contributed by atoms with Gasteiger partial charge in [0.1, 0.15) is 5.82 Å². The molecule has 2 aromatic rings. The van der Waals surface area contributed by atoms with Gasteiger partial charge in [-0.15, -0.1) is 0 Å². The van der Waals surface area contributed by atoms with Crippen LogP contribution in [0.5, 0.6) is 5.75 Å². The lowest BCUT2D eigenvalue weighted by Gasteiger charge is -2.10. The van der Waals surface area contributed by atoms with E-state index in [0.29, 0.717) is 17.7 Å². The maximum Gasteiger partial charge on any atom is 0.328 e. The van der Waals surface area contributed by atoms with Crippen LogP contribution in [0.1, 0.15) is 63.9 Å². The summed E-state index contributed by atoms with van der Waals surface area (Å²) in [6.07, 6.45) is 11.6. The lowest BCUT2D eigenvalue weighted by Crippen LogP contribution is -1.99. The summed E-state index contributed by atoms with van der Waals surface area (Å²) >= 11 is 0. The van der Waals surface area contributed by atoms with E-state index < -0.39 is 17.6 Å². The van der Waals surface area contributed by atoms with E-state index in [-0.39, 0.29) is 11.3 Å². The van der Waals surface area contributed by atoms with Gasteiger partial charge in [-0.05, 0) is 41.8 Å². The van der Waals surface area contributed by atoms with Crippen molar-refractivity contribution in [1.29, 1.82) is 0 Å². The molecule has 0 atom stereocenters. The van der Waals surface area contributed by atoms with Crippen LogP contribution < -0.4 is 4.74 Å². The summed E-state index contributed by atoms with van der Waals surface area (Å²) in [6.45, 7) is 2.68. The Hall–Kier alpha value is -2.69. The highest BCUT2D eigenvalue weighted by Crippen LogP contribution is 2.27. The highest BCUT2D eigenvalue weighted by atomic mass is 19.1. The first kappa shape index (κ1) is 23.6. The molecule has 2 aromatic carbocycles. The lowest BCUT2D eigenvalue weighted by molar-refractivity contribution is -0.131. The number of carboxylic acids is 1. The molecular formula is C25H30F2O3. The number of hydrogen-bond acceptors (Lipinski definition) is 2. The van der Waals surface area contributed by atoms with Crippen LogP contribution in [-0.2, 0) is 4.79 Å². The van der Waals surface area contributed by atoms with Gasteiger partial charge in [-0.1, -0.05) is 70.1 Å². The first-order chi connectivity index (χ1) is 14.5. The quantitative estimate of drug-likeness (QED) is 0.276. The predicted octanol–water partition coefficient (Wildman–Crippen LogP) is 7.25. The van der Waals surface area contributed by atoms with E-state index >= 15 is 0 Å². The Bertz CT molecular complexity index is 846. The molecule has 0 heterocycles. The van der Waals surface area contributed by atoms with Crippen molar-refractivity contribution in [2.45, 2.75) is 58.3 Å². The molecule has 0 aliphatic heterocycles. The normalized spacial score (nSPS) is 11.2. The number of carbonyl (C=O) groups is 1. The Morgan fingerprint density at radius 3 is 2.10 bits per heavy atom. The maximum absolute atomic E-state index is 14.4. The van der Waals surface area contributed by atoms with E-state index in [4.69, 9.17) is 9.84 Å². The molecule has 0 fully saturated rings. The third-order valence-electron chi connectivity index (χ3n) is 4.93. The van der Waals surface area contributed by atoms with Crippen molar-refractivity contribution < 1.29 is 23.4 Å². The van der Waals surface area contributed by atoms with Gasteiger partial charge >= 0.3 is 5.97 Å². The molecule has 0 unspecified atom stereocenters. The largest absolute Gasteiger partial charge is 0.491 e. The molecule has 0 aromatic heterocycles. The molecule has 0 saturated carbocycles. The summed E-state index contributed by atoms with van der Waals surface area (Å²) in [5.41, 5.74) is 1.19. The number of ether oxygens (including phenoxy) is 1. The van der Waals surface area contributed by atoms with Crippen LogP contribution >= 0.6 is 0 Å². The van der Waals surface area contributed by atoms with Crippen molar-refractivity contribution in [2.24, 2.45) is 0 Å². The summed E-state index contributed by atoms with van der Waals surface area (Å²) < 4.78 is 34.1. The van der Waals surface area contributed by atoms with Gasteiger partial charge in [-0.2, -0.15) is 0 Å². The summed E-state index contributed by atoms with van der Waals surface area (Å²) in [5.74, 6) is -2.01. The second kappa shape index (κ2) is 12.8. The number of benzene rings is 2. The molecule has 3 nitrogen and oxygen atoms in total. The van der Waals surface area contributed by atoms with Gasteiger partial charge < -0.3 is 9.84 Å². The molecule has 30 heavy (non-hydrogen) atoms. The van der Waals surface area contributed by atoms with Crippen LogP contribution in [0.4, 0.5) is 8.78 Å². The Labute approximate surface area is 177 Å². The van der Waals surface area contributed by atoms with Crippen LogP contribution in [0.2, 0.25) is 0 Å². The Balaban J connectivity index is 1.85. The van der Waals surface area contributed by atoms with Crippen molar-refractivity contribution in [1.82, 2.24) is 0 Å². The molecule has 0 saturated heterocycles. The molecule has 2 rings (SSSR count). The highest BCUT2D eigenvalue weighted by Gasteiger charge is 2.09. The topological polar surface area (TPSA) is 46.5 Å². The van der Waals surface area contributed by atoms with Gasteiger partial charge in [0, 0.05) is 11.6 Å². The van der Waals surface area contributed by atoms with E-state index in [2.05, 4.69) is 6.92 Å². The molecule has 0 aliphatic carbocycles. The number of hydrogen-bond donors (Lipinski definition) is 1. The standard InChI is InChI=1S/C25H30F2O3/c1-2-3-4-5-6-7-8-9-16-30-24-14-12-21(18-23(24)27)20-11-10-19(22(26)17-20)13-15-25(28)29/h10-15,17-18H,2-9,16H2,1H3,(H,28,29). The number of aliphatic carboxylic acids is 1. The second-order valence-corrected chi connectivity index (χ2v) is 7.38. The van der Waals surface area contributed by atoms with Gasteiger partial charge in [0.05, 0.1) is 6.61 Å². The zero-order valence-electron chi connectivity index (χ0n) is 17.5. The minimum absolute atomic E-state index is 0.159. The number of rotatable bonds is 13. The first-order valence-corrected chi connectivity index (χ1v) is 10.6. The van der Waals surface area contributed by atoms with Gasteiger partial charge in [0.2, 0.25) is 0 Å². The number of halogens is 2. The van der Waals surface area contributed by atoms with Crippen LogP contribution in [0.3, 0.4) is 0 Å². The van der Waals surface area contributed by atoms with Crippen molar-refractivity contribution in [3.05, 3.63) is 59.7 Å². The monoisotopic (exact) mass is 416 g/mol. The molecule has 0 bridgehead atoms. The minimum atomic E-state index is -1.15. The van der Waals surface area contributed by atoms with E-state index in [1.165, 1.54) is 62.8 Å². The smallest absolute Gasteiger partial charge is 0.328 e. The van der Waals surface area contributed by atoms with Crippen LogP contribution in [0.25, 0.3) is 17.2 Å². The molecule has 0 aliphatic rings. The fourth-order valence-corrected chi connectivity index (χ4v) is 3.22. The van der Waals surface area contributed by atoms with Gasteiger partial charge in [-0.3, -0.25) is 0 Å². The third kappa shape index (κ3) is 7.97. The van der Waals surface area contributed by atoms with E-state index in [9.17, 15) is 13.6 Å². The summed E-state index contributed by atoms with van der Waals surface area (Å²) in [6, 6.07) is 8.93. The predicted molar refractivity (Wildman–Crippen MR) is 117 cm³/mol. The SMILES string of the molecule is CCCCCCCCCCOc1ccc(-c2ccc(C=CC(=O)O)c(F)c2)cc1F. The molecular weight excluding hydrogens is 386 g/mol. The molecule has 0 amide bonds. The van der Waals surface area contributed by atoms with Gasteiger partial charge in [0.25, 0.3) is 0 Å². The van der Waals surface area contributed by atoms with E-state index in [1.807, 2.05) is 0 Å². The third-order valence-corrected chi connectivity index (χ3v) is 4.93. The fourth-order valence-electron chi connectivity index (χ4n) is 3.22. The van der Waals surface area contributed by atoms with Crippen molar-refractivity contribution >= 4 is 12.0 Å². The average Bonchev–Trinajstić information content (AvgIpc) is 2.72. The van der Waals surface area contributed by atoms with Crippen molar-refractivity contribution in [3.63, 3.8) is 0 Å². The maximum atomic E-state index is 14.4. The Kier molecular flexibility index (Phi) is 10.1. The van der Waals surface area contributed by atoms with Crippen LogP contribution in [0, 0.1) is 11.6 Å². The van der Waals surface area contributed by atoms with Crippen LogP contribution in [-0.4, -0.2) is 17.7 Å². The first-order valence-electron chi connectivity index (χ1n) is 10.6. The lowest BCUT2D eigenvalue weighted by atomic mass is 10.0. The Morgan fingerprint density at radius 1 is 0.900 bits per heavy atom. The van der Waals surface area contributed by atoms with Gasteiger partial charge in [-0.25, -0.2) is 13.6 Å². The molecule has 0 spiro atoms. The van der Waals surface area contributed by atoms with Crippen molar-refractivity contribution in [2.75, 3.05) is 6.61 Å². The van der Waals surface area contributed by atoms with E-state index in [1.54, 1.807) is 18.2 Å². The highest BCUT2D eigenvalue weighted by molar-refractivity contribution is 5.85. The fraction of sp³-hybridized carbons (Fsp3) is 0.400. The van der Waals surface area contributed by atoms with Gasteiger partial charge in [0.15, 0.2) is 11.6 Å². The minimum Gasteiger partial charge on any atom is -0.491 e. The molecule has 5 heteroatoms. The zero-order chi connectivity index (χ0) is 21.8. The molecule has 1 N–H and O–H groups in total. The number of unbranched alkanes of at least 4 members (excludes halogenated alkanes) is 7. The molecule has 0 radical (unpaired) electrons. The van der Waals surface area contributed by atoms with E-state index in [0.717, 1.165) is 18.9 Å². The Morgan fingerprint density at radius 2 is 1.50 bits per heavy atom. The molecule has 162 valence electrons. The second-order valence-electron chi connectivity index (χ2n) is 7.38. The summed E-state index contributed by atoms with van der Waals surface area (Å²) in [4.78, 5) is 10.6. The van der Waals surface area contributed by atoms with Crippen molar-refractivity contribution in [3.8, 4) is 16.9 Å². The van der Waals surface area contributed by atoms with Crippen LogP contribution in [0.15, 0.2) is 42.5 Å². The average molecular weight is 417 g/mol. The summed E-state index contributed by atoms with van der Waals surface area (Å²) in [7, 11) is 0. The zero-order valence-corrected chi connectivity index (χ0v) is 17.5. The number of carboxylic acid groups (broad SMARTS) is 1.